The van der Waals surface area contributed by atoms with Crippen LogP contribution < -0.4 is 14.2 Å². The van der Waals surface area contributed by atoms with Crippen LogP contribution >= 0.6 is 0 Å². The Hall–Kier alpha value is -2.49. The molecule has 0 saturated heterocycles. The van der Waals surface area contributed by atoms with E-state index in [4.69, 9.17) is 14.2 Å². The third-order valence-electron chi connectivity index (χ3n) is 3.79. The van der Waals surface area contributed by atoms with E-state index in [0.29, 0.717) is 25.4 Å². The number of benzene rings is 2. The quantitative estimate of drug-likeness (QED) is 0.640. The van der Waals surface area contributed by atoms with E-state index < -0.39 is 0 Å². The molecule has 0 amide bonds. The van der Waals surface area contributed by atoms with E-state index >= 15 is 0 Å². The SMILES string of the molecule is CCOc1ccc2c(c1)CC(C(=O)Oc1cccc(C)c1)CO2. The van der Waals surface area contributed by atoms with E-state index in [1.165, 1.54) is 0 Å². The van der Waals surface area contributed by atoms with E-state index in [1.54, 1.807) is 6.07 Å². The number of ether oxygens (including phenoxy) is 3. The fraction of sp³-hybridized carbons (Fsp3) is 0.316. The van der Waals surface area contributed by atoms with Crippen molar-refractivity contribution in [3.8, 4) is 17.2 Å². The fourth-order valence-corrected chi connectivity index (χ4v) is 2.66. The lowest BCUT2D eigenvalue weighted by atomic mass is 9.96. The summed E-state index contributed by atoms with van der Waals surface area (Å²) in [7, 11) is 0. The second-order valence-corrected chi connectivity index (χ2v) is 5.65. The van der Waals surface area contributed by atoms with Crippen LogP contribution in [0.3, 0.4) is 0 Å². The molecule has 120 valence electrons. The number of carbonyl (C=O) groups is 1. The monoisotopic (exact) mass is 312 g/mol. The summed E-state index contributed by atoms with van der Waals surface area (Å²) in [6, 6.07) is 13.2. The normalized spacial score (nSPS) is 16.2. The maximum Gasteiger partial charge on any atom is 0.318 e. The van der Waals surface area contributed by atoms with Crippen LogP contribution in [-0.4, -0.2) is 19.2 Å². The lowest BCUT2D eigenvalue weighted by Crippen LogP contribution is -2.31. The number of hydrogen-bond acceptors (Lipinski definition) is 4. The molecule has 1 unspecified atom stereocenters. The molecule has 0 radical (unpaired) electrons. The van der Waals surface area contributed by atoms with Crippen molar-refractivity contribution in [2.24, 2.45) is 5.92 Å². The van der Waals surface area contributed by atoms with Crippen molar-refractivity contribution in [1.29, 1.82) is 0 Å². The molecule has 2 aromatic carbocycles. The molecule has 0 saturated carbocycles. The number of fused-ring (bicyclic) bond motifs is 1. The zero-order valence-electron chi connectivity index (χ0n) is 13.4. The van der Waals surface area contributed by atoms with Gasteiger partial charge in [-0.2, -0.15) is 0 Å². The molecule has 0 bridgehead atoms. The molecule has 1 heterocycles. The van der Waals surface area contributed by atoms with Gasteiger partial charge in [-0.25, -0.2) is 0 Å². The van der Waals surface area contributed by atoms with Crippen molar-refractivity contribution < 1.29 is 19.0 Å². The van der Waals surface area contributed by atoms with Gasteiger partial charge in [0.15, 0.2) is 0 Å². The third-order valence-corrected chi connectivity index (χ3v) is 3.79. The average Bonchev–Trinajstić information content (AvgIpc) is 2.54. The zero-order chi connectivity index (χ0) is 16.2. The van der Waals surface area contributed by atoms with Gasteiger partial charge in [-0.15, -0.1) is 0 Å². The maximum absolute atomic E-state index is 12.4. The average molecular weight is 312 g/mol. The Morgan fingerprint density at radius 2 is 2.09 bits per heavy atom. The van der Waals surface area contributed by atoms with E-state index in [0.717, 1.165) is 22.6 Å². The first-order chi connectivity index (χ1) is 11.2. The Balaban J connectivity index is 1.70. The van der Waals surface area contributed by atoms with Gasteiger partial charge in [0.1, 0.15) is 23.9 Å². The molecular weight excluding hydrogens is 292 g/mol. The molecule has 0 spiro atoms. The summed E-state index contributed by atoms with van der Waals surface area (Å²) in [4.78, 5) is 12.4. The molecule has 2 aromatic rings. The van der Waals surface area contributed by atoms with Crippen molar-refractivity contribution in [1.82, 2.24) is 0 Å². The molecule has 3 rings (SSSR count). The fourth-order valence-electron chi connectivity index (χ4n) is 2.66. The highest BCUT2D eigenvalue weighted by Crippen LogP contribution is 2.31. The van der Waals surface area contributed by atoms with Crippen molar-refractivity contribution in [3.05, 3.63) is 53.6 Å². The molecular formula is C19H20O4. The Morgan fingerprint density at radius 1 is 1.22 bits per heavy atom. The number of aryl methyl sites for hydroxylation is 1. The van der Waals surface area contributed by atoms with Gasteiger partial charge < -0.3 is 14.2 Å². The van der Waals surface area contributed by atoms with Crippen molar-refractivity contribution in [2.45, 2.75) is 20.3 Å². The predicted molar refractivity (Wildman–Crippen MR) is 87.1 cm³/mol. The molecule has 0 N–H and O–H groups in total. The van der Waals surface area contributed by atoms with Crippen LogP contribution in [-0.2, 0) is 11.2 Å². The first kappa shape index (κ1) is 15.4. The topological polar surface area (TPSA) is 44.8 Å². The van der Waals surface area contributed by atoms with Gasteiger partial charge in [-0.1, -0.05) is 12.1 Å². The molecule has 0 fully saturated rings. The molecule has 0 aromatic heterocycles. The van der Waals surface area contributed by atoms with Gasteiger partial charge in [0, 0.05) is 0 Å². The summed E-state index contributed by atoms with van der Waals surface area (Å²) in [5.41, 5.74) is 2.04. The number of rotatable bonds is 4. The Labute approximate surface area is 136 Å². The van der Waals surface area contributed by atoms with Crippen LogP contribution in [0.5, 0.6) is 17.2 Å². The molecule has 0 aliphatic carbocycles. The molecule has 1 atom stereocenters. The van der Waals surface area contributed by atoms with Crippen LogP contribution in [0.4, 0.5) is 0 Å². The van der Waals surface area contributed by atoms with Crippen LogP contribution in [0.25, 0.3) is 0 Å². The molecule has 23 heavy (non-hydrogen) atoms. The Kier molecular flexibility index (Phi) is 4.51. The maximum atomic E-state index is 12.4. The van der Waals surface area contributed by atoms with E-state index in [1.807, 2.05) is 50.2 Å². The van der Waals surface area contributed by atoms with Crippen LogP contribution in [0.2, 0.25) is 0 Å². The highest BCUT2D eigenvalue weighted by atomic mass is 16.5. The summed E-state index contributed by atoms with van der Waals surface area (Å²) in [5, 5.41) is 0. The Bertz CT molecular complexity index is 708. The summed E-state index contributed by atoms with van der Waals surface area (Å²) in [6.07, 6.45) is 0.598. The van der Waals surface area contributed by atoms with E-state index in [9.17, 15) is 4.79 Å². The largest absolute Gasteiger partial charge is 0.494 e. The minimum Gasteiger partial charge on any atom is -0.494 e. The lowest BCUT2D eigenvalue weighted by molar-refractivity contribution is -0.140. The van der Waals surface area contributed by atoms with Gasteiger partial charge in [0.2, 0.25) is 0 Å². The first-order valence-electron chi connectivity index (χ1n) is 7.82. The van der Waals surface area contributed by atoms with Crippen molar-refractivity contribution in [2.75, 3.05) is 13.2 Å². The highest BCUT2D eigenvalue weighted by molar-refractivity contribution is 5.76. The molecule has 1 aliphatic heterocycles. The van der Waals surface area contributed by atoms with Crippen molar-refractivity contribution in [3.63, 3.8) is 0 Å². The predicted octanol–water partition coefficient (Wildman–Crippen LogP) is 3.55. The van der Waals surface area contributed by atoms with Gasteiger partial charge in [0.25, 0.3) is 0 Å². The highest BCUT2D eigenvalue weighted by Gasteiger charge is 2.28. The standard InChI is InChI=1S/C19H20O4/c1-3-21-16-7-8-18-14(11-16)10-15(12-22-18)19(20)23-17-6-4-5-13(2)9-17/h4-9,11,15H,3,10,12H2,1-2H3. The smallest absolute Gasteiger partial charge is 0.318 e. The second kappa shape index (κ2) is 6.73. The summed E-state index contributed by atoms with van der Waals surface area (Å²) >= 11 is 0. The Morgan fingerprint density at radius 3 is 2.87 bits per heavy atom. The van der Waals surface area contributed by atoms with Crippen molar-refractivity contribution >= 4 is 5.97 Å². The summed E-state index contributed by atoms with van der Waals surface area (Å²) < 4.78 is 16.7. The number of hydrogen-bond donors (Lipinski definition) is 0. The zero-order valence-corrected chi connectivity index (χ0v) is 13.4. The number of esters is 1. The number of carbonyl (C=O) groups excluding carboxylic acids is 1. The minimum absolute atomic E-state index is 0.261. The van der Waals surface area contributed by atoms with Crippen LogP contribution in [0.1, 0.15) is 18.1 Å². The second-order valence-electron chi connectivity index (χ2n) is 5.65. The summed E-state index contributed by atoms with van der Waals surface area (Å²) in [5.74, 6) is 1.61. The lowest BCUT2D eigenvalue weighted by Gasteiger charge is -2.24. The van der Waals surface area contributed by atoms with Gasteiger partial charge >= 0.3 is 5.97 Å². The van der Waals surface area contributed by atoms with E-state index in [2.05, 4.69) is 0 Å². The van der Waals surface area contributed by atoms with Crippen LogP contribution in [0.15, 0.2) is 42.5 Å². The first-order valence-corrected chi connectivity index (χ1v) is 7.82. The van der Waals surface area contributed by atoms with E-state index in [-0.39, 0.29) is 11.9 Å². The molecule has 4 heteroatoms. The third kappa shape index (κ3) is 3.65. The minimum atomic E-state index is -0.306. The molecule has 1 aliphatic rings. The molecule has 4 nitrogen and oxygen atoms in total. The summed E-state index contributed by atoms with van der Waals surface area (Å²) in [6.45, 7) is 4.86. The van der Waals surface area contributed by atoms with Gasteiger partial charge in [0.05, 0.1) is 12.5 Å². The van der Waals surface area contributed by atoms with Gasteiger partial charge in [-0.05, 0) is 61.7 Å². The van der Waals surface area contributed by atoms with Gasteiger partial charge in [-0.3, -0.25) is 4.79 Å². The van der Waals surface area contributed by atoms with Crippen LogP contribution in [0, 0.1) is 12.8 Å².